The van der Waals surface area contributed by atoms with Gasteiger partial charge < -0.3 is 9.64 Å². The summed E-state index contributed by atoms with van der Waals surface area (Å²) in [7, 11) is 4.08. The van der Waals surface area contributed by atoms with Crippen molar-refractivity contribution in [2.75, 3.05) is 38.7 Å². The van der Waals surface area contributed by atoms with Gasteiger partial charge in [-0.25, -0.2) is 9.37 Å². The zero-order chi connectivity index (χ0) is 20.8. The highest BCUT2D eigenvalue weighted by Gasteiger charge is 2.22. The summed E-state index contributed by atoms with van der Waals surface area (Å²) in [5.74, 6) is 0.336. The molecular formula is C22H27FN3O2S+. The van der Waals surface area contributed by atoms with Gasteiger partial charge in [0.15, 0.2) is 5.13 Å². The van der Waals surface area contributed by atoms with E-state index in [1.807, 2.05) is 26.2 Å². The zero-order valence-electron chi connectivity index (χ0n) is 17.1. The molecule has 0 bridgehead atoms. The van der Waals surface area contributed by atoms with Crippen molar-refractivity contribution in [1.82, 2.24) is 4.98 Å². The molecule has 0 saturated heterocycles. The van der Waals surface area contributed by atoms with Crippen molar-refractivity contribution in [3.63, 3.8) is 0 Å². The average Bonchev–Trinajstić information content (AvgIpc) is 3.11. The second-order valence-corrected chi connectivity index (χ2v) is 8.26. The van der Waals surface area contributed by atoms with Gasteiger partial charge in [0, 0.05) is 5.56 Å². The maximum Gasteiger partial charge on any atom is 0.260 e. The first kappa shape index (κ1) is 21.2. The van der Waals surface area contributed by atoms with Crippen LogP contribution in [0, 0.1) is 5.82 Å². The van der Waals surface area contributed by atoms with Crippen molar-refractivity contribution in [3.05, 3.63) is 53.8 Å². The van der Waals surface area contributed by atoms with Crippen molar-refractivity contribution >= 4 is 32.6 Å². The number of halogens is 1. The van der Waals surface area contributed by atoms with E-state index in [0.717, 1.165) is 29.8 Å². The van der Waals surface area contributed by atoms with Crippen LogP contribution in [0.1, 0.15) is 30.1 Å². The molecule has 0 aliphatic heterocycles. The molecule has 3 rings (SSSR count). The number of quaternary nitrogens is 1. The monoisotopic (exact) mass is 416 g/mol. The number of rotatable bonds is 9. The summed E-state index contributed by atoms with van der Waals surface area (Å²) in [5.41, 5.74) is 1.27. The summed E-state index contributed by atoms with van der Waals surface area (Å²) in [6, 6.07) is 11.7. The summed E-state index contributed by atoms with van der Waals surface area (Å²) in [4.78, 5) is 20.7. The normalized spacial score (nSPS) is 11.2. The molecule has 0 atom stereocenters. The molecule has 5 nitrogen and oxygen atoms in total. The van der Waals surface area contributed by atoms with Crippen LogP contribution in [-0.2, 0) is 0 Å². The highest BCUT2D eigenvalue weighted by Crippen LogP contribution is 2.30. The molecule has 2 aromatic carbocycles. The largest absolute Gasteiger partial charge is 0.494 e. The molecule has 0 spiro atoms. The Kier molecular flexibility index (Phi) is 7.17. The maximum absolute atomic E-state index is 13.6. The molecule has 7 heteroatoms. The number of anilines is 1. The number of carbonyl (C=O) groups is 1. The number of nitrogens with one attached hydrogen (secondary N) is 1. The fraction of sp³-hybridized carbons (Fsp3) is 0.364. The Morgan fingerprint density at radius 3 is 2.66 bits per heavy atom. The minimum absolute atomic E-state index is 0.120. The first-order valence-corrected chi connectivity index (χ1v) is 10.7. The SMILES string of the molecule is CCCCOc1ccc(C(=O)N(CC[NH+](C)C)c2nc3ccc(F)cc3s2)cc1. The predicted molar refractivity (Wildman–Crippen MR) is 116 cm³/mol. The molecular weight excluding hydrogens is 389 g/mol. The van der Waals surface area contributed by atoms with Crippen molar-refractivity contribution in [2.45, 2.75) is 19.8 Å². The number of amides is 1. The second kappa shape index (κ2) is 9.80. The van der Waals surface area contributed by atoms with Gasteiger partial charge in [0.1, 0.15) is 11.6 Å². The van der Waals surface area contributed by atoms with Crippen molar-refractivity contribution in [2.24, 2.45) is 0 Å². The second-order valence-electron chi connectivity index (χ2n) is 7.25. The molecule has 3 aromatic rings. The standard InChI is InChI=1S/C22H26FN3O2S/c1-4-5-14-28-18-9-6-16(7-10-18)21(27)26(13-12-25(2)3)22-24-19-11-8-17(23)15-20(19)29-22/h6-11,15H,4-5,12-14H2,1-3H3/p+1. The van der Waals surface area contributed by atoms with Gasteiger partial charge in [-0.1, -0.05) is 24.7 Å². The van der Waals surface area contributed by atoms with Gasteiger partial charge in [-0.3, -0.25) is 9.69 Å². The van der Waals surface area contributed by atoms with E-state index in [1.165, 1.54) is 28.4 Å². The number of unbranched alkanes of at least 4 members (excludes halogenated alkanes) is 1. The number of ether oxygens (including phenoxy) is 1. The Bertz CT molecular complexity index is 956. The zero-order valence-corrected chi connectivity index (χ0v) is 17.9. The molecule has 0 unspecified atom stereocenters. The molecule has 29 heavy (non-hydrogen) atoms. The fourth-order valence-corrected chi connectivity index (χ4v) is 3.82. The number of thiazole rings is 1. The minimum Gasteiger partial charge on any atom is -0.494 e. The van der Waals surface area contributed by atoms with E-state index in [1.54, 1.807) is 23.1 Å². The van der Waals surface area contributed by atoms with Gasteiger partial charge in [-0.15, -0.1) is 0 Å². The Morgan fingerprint density at radius 2 is 1.97 bits per heavy atom. The molecule has 1 heterocycles. The van der Waals surface area contributed by atoms with Crippen LogP contribution in [0.3, 0.4) is 0 Å². The van der Waals surface area contributed by atoms with Crippen LogP contribution in [0.4, 0.5) is 9.52 Å². The molecule has 1 amide bonds. The molecule has 0 aliphatic rings. The van der Waals surface area contributed by atoms with Crippen LogP contribution >= 0.6 is 11.3 Å². The van der Waals surface area contributed by atoms with Gasteiger partial charge in [-0.05, 0) is 48.9 Å². The molecule has 1 N–H and O–H groups in total. The molecule has 154 valence electrons. The van der Waals surface area contributed by atoms with Crippen molar-refractivity contribution in [1.29, 1.82) is 0 Å². The fourth-order valence-electron chi connectivity index (χ4n) is 2.81. The van der Waals surface area contributed by atoms with E-state index in [9.17, 15) is 9.18 Å². The first-order valence-electron chi connectivity index (χ1n) is 9.87. The lowest BCUT2D eigenvalue weighted by atomic mass is 10.2. The number of likely N-dealkylation sites (N-methyl/N-ethyl adjacent to an activating group) is 1. The highest BCUT2D eigenvalue weighted by atomic mass is 32.1. The number of nitrogens with zero attached hydrogens (tertiary/aromatic N) is 2. The van der Waals surface area contributed by atoms with Crippen LogP contribution in [-0.4, -0.2) is 44.7 Å². The van der Waals surface area contributed by atoms with Crippen LogP contribution in [0.5, 0.6) is 5.75 Å². The number of carbonyl (C=O) groups excluding carboxylic acids is 1. The number of fused-ring (bicyclic) bond motifs is 1. The average molecular weight is 417 g/mol. The molecule has 0 aliphatic carbocycles. The molecule has 1 aromatic heterocycles. The van der Waals surface area contributed by atoms with Gasteiger partial charge in [0.05, 0.1) is 44.0 Å². The number of aromatic nitrogens is 1. The smallest absolute Gasteiger partial charge is 0.260 e. The number of hydrogen-bond acceptors (Lipinski definition) is 4. The lowest BCUT2D eigenvalue weighted by Gasteiger charge is -2.21. The number of benzene rings is 2. The van der Waals surface area contributed by atoms with E-state index in [2.05, 4.69) is 11.9 Å². The molecule has 0 fully saturated rings. The van der Waals surface area contributed by atoms with Gasteiger partial charge in [-0.2, -0.15) is 0 Å². The number of hydrogen-bond donors (Lipinski definition) is 1. The van der Waals surface area contributed by atoms with E-state index < -0.39 is 0 Å². The Morgan fingerprint density at radius 1 is 1.21 bits per heavy atom. The topological polar surface area (TPSA) is 46.9 Å². The summed E-state index contributed by atoms with van der Waals surface area (Å²) in [6.07, 6.45) is 2.07. The summed E-state index contributed by atoms with van der Waals surface area (Å²) >= 11 is 1.33. The Labute approximate surface area is 174 Å². The van der Waals surface area contributed by atoms with E-state index in [-0.39, 0.29) is 11.7 Å². The minimum atomic E-state index is -0.304. The van der Waals surface area contributed by atoms with Crippen LogP contribution in [0.15, 0.2) is 42.5 Å². The highest BCUT2D eigenvalue weighted by molar-refractivity contribution is 7.22. The predicted octanol–water partition coefficient (Wildman–Crippen LogP) is 3.41. The van der Waals surface area contributed by atoms with E-state index in [4.69, 9.17) is 4.74 Å². The van der Waals surface area contributed by atoms with Crippen molar-refractivity contribution in [3.8, 4) is 5.75 Å². The quantitative estimate of drug-likeness (QED) is 0.544. The first-order chi connectivity index (χ1) is 14.0. The Balaban J connectivity index is 1.84. The van der Waals surface area contributed by atoms with Gasteiger partial charge in [0.2, 0.25) is 0 Å². The molecule has 0 saturated carbocycles. The van der Waals surface area contributed by atoms with E-state index >= 15 is 0 Å². The third kappa shape index (κ3) is 5.52. The van der Waals surface area contributed by atoms with Crippen LogP contribution in [0.2, 0.25) is 0 Å². The van der Waals surface area contributed by atoms with Crippen molar-refractivity contribution < 1.29 is 18.8 Å². The third-order valence-electron chi connectivity index (χ3n) is 4.52. The van der Waals surface area contributed by atoms with Gasteiger partial charge >= 0.3 is 0 Å². The Hall–Kier alpha value is -2.51. The van der Waals surface area contributed by atoms with Gasteiger partial charge in [0.25, 0.3) is 5.91 Å². The third-order valence-corrected chi connectivity index (χ3v) is 5.56. The van der Waals surface area contributed by atoms with Crippen LogP contribution < -0.4 is 14.5 Å². The van der Waals surface area contributed by atoms with E-state index in [0.29, 0.717) is 29.4 Å². The summed E-state index contributed by atoms with van der Waals surface area (Å²) in [6.45, 7) is 4.09. The lowest BCUT2D eigenvalue weighted by molar-refractivity contribution is -0.856. The molecule has 0 radical (unpaired) electrons. The summed E-state index contributed by atoms with van der Waals surface area (Å²) in [5, 5.41) is 0.583. The van der Waals surface area contributed by atoms with Crippen LogP contribution in [0.25, 0.3) is 10.2 Å². The summed E-state index contributed by atoms with van der Waals surface area (Å²) < 4.78 is 20.0. The maximum atomic E-state index is 13.6. The lowest BCUT2D eigenvalue weighted by Crippen LogP contribution is -3.06.